The quantitative estimate of drug-likeness (QED) is 0.685. The number of rotatable bonds is 2. The summed E-state index contributed by atoms with van der Waals surface area (Å²) in [5.74, 6) is -0.460. The van der Waals surface area contributed by atoms with Crippen LogP contribution in [0.4, 0.5) is 10.5 Å². The Labute approximate surface area is 86.9 Å². The van der Waals surface area contributed by atoms with Gasteiger partial charge in [-0.1, -0.05) is 18.2 Å². The van der Waals surface area contributed by atoms with Gasteiger partial charge in [-0.2, -0.15) is 0 Å². The number of nitrogens with zero attached hydrogens (tertiary/aromatic N) is 1. The summed E-state index contributed by atoms with van der Waals surface area (Å²) in [5.41, 5.74) is 5.76. The number of nitrogens with one attached hydrogen (secondary N) is 1. The molecule has 0 bridgehead atoms. The molecule has 3 N–H and O–H groups in total. The van der Waals surface area contributed by atoms with E-state index in [1.807, 2.05) is 18.2 Å². The Bertz CT molecular complexity index is 391. The van der Waals surface area contributed by atoms with Crippen LogP contribution in [0.25, 0.3) is 0 Å². The lowest BCUT2D eigenvalue weighted by molar-refractivity contribution is -0.118. The largest absolute Gasteiger partial charge is 0.368 e. The molecule has 1 fully saturated rings. The van der Waals surface area contributed by atoms with Gasteiger partial charge in [-0.25, -0.2) is 4.79 Å². The molecule has 5 heteroatoms. The zero-order valence-corrected chi connectivity index (χ0v) is 8.01. The number of primary amides is 1. The highest BCUT2D eigenvalue weighted by molar-refractivity contribution is 5.97. The Morgan fingerprint density at radius 3 is 2.53 bits per heavy atom. The highest BCUT2D eigenvalue weighted by Gasteiger charge is 2.42. The van der Waals surface area contributed by atoms with Gasteiger partial charge in [0, 0.05) is 5.69 Å². The van der Waals surface area contributed by atoms with E-state index in [-0.39, 0.29) is 6.03 Å². The second-order valence-electron chi connectivity index (χ2n) is 3.37. The van der Waals surface area contributed by atoms with Crippen LogP contribution in [-0.4, -0.2) is 29.4 Å². The number of carbonyl (C=O) groups is 2. The lowest BCUT2D eigenvalue weighted by Gasteiger charge is -2.05. The summed E-state index contributed by atoms with van der Waals surface area (Å²) < 4.78 is 0. The number of para-hydroxylation sites is 1. The predicted octanol–water partition coefficient (Wildman–Crippen LogP) is 0.388. The van der Waals surface area contributed by atoms with Gasteiger partial charge in [0.15, 0.2) is 0 Å². The maximum absolute atomic E-state index is 11.5. The van der Waals surface area contributed by atoms with Crippen molar-refractivity contribution in [1.82, 2.24) is 4.90 Å². The molecule has 78 valence electrons. The first kappa shape index (κ1) is 9.51. The third kappa shape index (κ3) is 2.07. The van der Waals surface area contributed by atoms with Gasteiger partial charge in [0.1, 0.15) is 6.04 Å². The Balaban J connectivity index is 1.92. The number of hydrogen-bond acceptors (Lipinski definition) is 2. The second-order valence-corrected chi connectivity index (χ2v) is 3.37. The molecule has 1 aromatic rings. The van der Waals surface area contributed by atoms with Crippen molar-refractivity contribution in [3.8, 4) is 0 Å². The second kappa shape index (κ2) is 3.61. The molecule has 1 atom stereocenters. The van der Waals surface area contributed by atoms with E-state index in [1.165, 1.54) is 4.90 Å². The number of carbonyl (C=O) groups excluding carboxylic acids is 2. The van der Waals surface area contributed by atoms with Gasteiger partial charge in [0.05, 0.1) is 6.54 Å². The van der Waals surface area contributed by atoms with Crippen molar-refractivity contribution in [2.75, 3.05) is 11.9 Å². The van der Waals surface area contributed by atoms with Crippen molar-refractivity contribution in [2.24, 2.45) is 5.73 Å². The monoisotopic (exact) mass is 205 g/mol. The van der Waals surface area contributed by atoms with Crippen LogP contribution in [0.15, 0.2) is 30.3 Å². The van der Waals surface area contributed by atoms with Gasteiger partial charge in [0.25, 0.3) is 0 Å². The molecule has 1 aliphatic heterocycles. The van der Waals surface area contributed by atoms with Gasteiger partial charge in [0.2, 0.25) is 5.91 Å². The lowest BCUT2D eigenvalue weighted by Crippen LogP contribution is -2.27. The first-order valence-corrected chi connectivity index (χ1v) is 4.60. The number of urea groups is 1. The van der Waals surface area contributed by atoms with E-state index in [9.17, 15) is 9.59 Å². The van der Waals surface area contributed by atoms with E-state index in [0.717, 1.165) is 0 Å². The van der Waals surface area contributed by atoms with Crippen LogP contribution in [-0.2, 0) is 4.79 Å². The predicted molar refractivity (Wildman–Crippen MR) is 55.1 cm³/mol. The minimum Gasteiger partial charge on any atom is -0.368 e. The molecular formula is C10H11N3O2. The van der Waals surface area contributed by atoms with E-state index in [4.69, 9.17) is 5.73 Å². The van der Waals surface area contributed by atoms with Crippen LogP contribution in [0.2, 0.25) is 0 Å². The van der Waals surface area contributed by atoms with Crippen molar-refractivity contribution in [3.63, 3.8) is 0 Å². The van der Waals surface area contributed by atoms with E-state index in [1.54, 1.807) is 12.1 Å². The van der Waals surface area contributed by atoms with Gasteiger partial charge in [-0.15, -0.1) is 0 Å². The minimum atomic E-state index is -0.460. The smallest absolute Gasteiger partial charge is 0.322 e. The fourth-order valence-corrected chi connectivity index (χ4v) is 1.32. The van der Waals surface area contributed by atoms with E-state index < -0.39 is 11.9 Å². The number of nitrogens with two attached hydrogens (primary N) is 1. The Morgan fingerprint density at radius 1 is 1.33 bits per heavy atom. The average molecular weight is 205 g/mol. The van der Waals surface area contributed by atoms with Crippen molar-refractivity contribution >= 4 is 17.6 Å². The summed E-state index contributed by atoms with van der Waals surface area (Å²) in [6.45, 7) is 0.411. The molecule has 0 radical (unpaired) electrons. The highest BCUT2D eigenvalue weighted by Crippen LogP contribution is 2.18. The van der Waals surface area contributed by atoms with Crippen LogP contribution in [0.1, 0.15) is 0 Å². The van der Waals surface area contributed by atoms with Gasteiger partial charge >= 0.3 is 6.03 Å². The van der Waals surface area contributed by atoms with Crippen molar-refractivity contribution in [2.45, 2.75) is 6.04 Å². The summed E-state index contributed by atoms with van der Waals surface area (Å²) in [5, 5.41) is 2.67. The number of benzene rings is 1. The molecule has 0 aliphatic carbocycles. The molecule has 5 nitrogen and oxygen atoms in total. The molecule has 0 unspecified atom stereocenters. The van der Waals surface area contributed by atoms with Gasteiger partial charge in [-0.05, 0) is 12.1 Å². The first-order chi connectivity index (χ1) is 7.18. The third-order valence-electron chi connectivity index (χ3n) is 2.23. The molecule has 0 aromatic heterocycles. The summed E-state index contributed by atoms with van der Waals surface area (Å²) in [6.07, 6.45) is 0. The molecule has 3 amide bonds. The molecule has 1 aromatic carbocycles. The maximum Gasteiger partial charge on any atom is 0.322 e. The molecule has 1 heterocycles. The molecule has 1 aliphatic rings. The van der Waals surface area contributed by atoms with Gasteiger partial charge < -0.3 is 16.0 Å². The summed E-state index contributed by atoms with van der Waals surface area (Å²) in [6, 6.07) is 8.34. The molecular weight excluding hydrogens is 194 g/mol. The minimum absolute atomic E-state index is 0.287. The zero-order chi connectivity index (χ0) is 10.8. The van der Waals surface area contributed by atoms with E-state index in [2.05, 4.69) is 5.32 Å². The summed E-state index contributed by atoms with van der Waals surface area (Å²) >= 11 is 0. The lowest BCUT2D eigenvalue weighted by atomic mass is 10.3. The Hall–Kier alpha value is -2.04. The Morgan fingerprint density at radius 2 is 2.00 bits per heavy atom. The molecule has 0 saturated carbocycles. The third-order valence-corrected chi connectivity index (χ3v) is 2.23. The topological polar surface area (TPSA) is 75.2 Å². The van der Waals surface area contributed by atoms with Gasteiger partial charge in [-0.3, -0.25) is 4.79 Å². The molecule has 15 heavy (non-hydrogen) atoms. The van der Waals surface area contributed by atoms with Crippen LogP contribution in [0.5, 0.6) is 0 Å². The molecule has 1 saturated heterocycles. The standard InChI is InChI=1S/C10H11N3O2/c11-9(14)8-6-13(8)10(15)12-7-4-2-1-3-5-7/h1-5,8H,6H2,(H2,11,14)(H,12,15)/t8-,13?/m1/s1. The number of amides is 3. The van der Waals surface area contributed by atoms with Crippen molar-refractivity contribution in [3.05, 3.63) is 30.3 Å². The number of hydrogen-bond donors (Lipinski definition) is 2. The highest BCUT2D eigenvalue weighted by atomic mass is 16.2. The van der Waals surface area contributed by atoms with Crippen LogP contribution in [0, 0.1) is 0 Å². The molecule has 0 spiro atoms. The fraction of sp³-hybridized carbons (Fsp3) is 0.200. The summed E-state index contributed by atoms with van der Waals surface area (Å²) in [4.78, 5) is 23.6. The van der Waals surface area contributed by atoms with Crippen molar-refractivity contribution in [1.29, 1.82) is 0 Å². The molecule has 2 rings (SSSR count). The maximum atomic E-state index is 11.5. The fourth-order valence-electron chi connectivity index (χ4n) is 1.32. The van der Waals surface area contributed by atoms with Crippen LogP contribution in [0.3, 0.4) is 0 Å². The van der Waals surface area contributed by atoms with E-state index >= 15 is 0 Å². The van der Waals surface area contributed by atoms with Crippen molar-refractivity contribution < 1.29 is 9.59 Å². The van der Waals surface area contributed by atoms with E-state index in [0.29, 0.717) is 12.2 Å². The van der Waals surface area contributed by atoms with Crippen LogP contribution >= 0.6 is 0 Å². The van der Waals surface area contributed by atoms with Crippen LogP contribution < -0.4 is 11.1 Å². The summed E-state index contributed by atoms with van der Waals surface area (Å²) in [7, 11) is 0. The Kier molecular flexibility index (Phi) is 2.29. The zero-order valence-electron chi connectivity index (χ0n) is 8.01. The average Bonchev–Trinajstić information content (AvgIpc) is 2.98. The SMILES string of the molecule is NC(=O)[C@H]1CN1C(=O)Nc1ccccc1. The first-order valence-electron chi connectivity index (χ1n) is 4.60. The number of anilines is 1. The normalized spacial score (nSPS) is 18.4.